The Morgan fingerprint density at radius 2 is 2.05 bits per heavy atom. The first-order valence-corrected chi connectivity index (χ1v) is 8.47. The number of thioether (sulfide) groups is 1. The number of hydrogen-bond acceptors (Lipinski definition) is 2. The number of hydrogen-bond donors (Lipinski definition) is 1. The highest BCUT2D eigenvalue weighted by molar-refractivity contribution is 8.00. The summed E-state index contributed by atoms with van der Waals surface area (Å²) in [5.41, 5.74) is 9.09. The Kier molecular flexibility index (Phi) is 5.35. The molecular weight excluding hydrogens is 250 g/mol. The Hall–Kier alpha value is -0.470. The molecule has 19 heavy (non-hydrogen) atoms. The van der Waals surface area contributed by atoms with Crippen molar-refractivity contribution in [2.75, 3.05) is 0 Å². The van der Waals surface area contributed by atoms with Crippen molar-refractivity contribution < 1.29 is 0 Å². The first kappa shape index (κ1) is 14.9. The zero-order valence-corrected chi connectivity index (χ0v) is 13.3. The summed E-state index contributed by atoms with van der Waals surface area (Å²) in [6.45, 7) is 6.67. The van der Waals surface area contributed by atoms with Gasteiger partial charge in [-0.15, -0.1) is 11.8 Å². The van der Waals surface area contributed by atoms with E-state index >= 15 is 0 Å². The molecule has 3 atom stereocenters. The predicted octanol–water partition coefficient (Wildman–Crippen LogP) is 4.69. The molecule has 1 aliphatic rings. The van der Waals surface area contributed by atoms with E-state index in [2.05, 4.69) is 39.0 Å². The van der Waals surface area contributed by atoms with E-state index in [4.69, 9.17) is 5.73 Å². The van der Waals surface area contributed by atoms with Crippen LogP contribution in [0.25, 0.3) is 0 Å². The van der Waals surface area contributed by atoms with Crippen molar-refractivity contribution in [3.05, 3.63) is 29.3 Å². The van der Waals surface area contributed by atoms with Crippen LogP contribution in [0.1, 0.15) is 50.2 Å². The van der Waals surface area contributed by atoms with Crippen LogP contribution in [0.3, 0.4) is 0 Å². The summed E-state index contributed by atoms with van der Waals surface area (Å²) in [5.74, 6) is 0.896. The van der Waals surface area contributed by atoms with E-state index in [1.165, 1.54) is 48.1 Å². The monoisotopic (exact) mass is 277 g/mol. The molecule has 1 fully saturated rings. The minimum Gasteiger partial charge on any atom is -0.327 e. The Labute approximate surface area is 122 Å². The molecule has 0 saturated heterocycles. The molecule has 3 unspecified atom stereocenters. The molecule has 1 aromatic carbocycles. The highest BCUT2D eigenvalue weighted by Gasteiger charge is 2.28. The molecule has 106 valence electrons. The molecule has 0 heterocycles. The van der Waals surface area contributed by atoms with Crippen molar-refractivity contribution >= 4 is 11.8 Å². The molecule has 1 saturated carbocycles. The standard InChI is InChI=1S/C17H27NS/c1-4-5-14-8-9-15(18)17(11-14)19-16-10-12(2)6-7-13(16)3/h6-7,10,14-15,17H,4-5,8-9,11,18H2,1-3H3. The van der Waals surface area contributed by atoms with E-state index in [9.17, 15) is 0 Å². The van der Waals surface area contributed by atoms with E-state index in [-0.39, 0.29) is 0 Å². The van der Waals surface area contributed by atoms with Gasteiger partial charge in [-0.25, -0.2) is 0 Å². The van der Waals surface area contributed by atoms with E-state index in [1.54, 1.807) is 0 Å². The van der Waals surface area contributed by atoms with Crippen molar-refractivity contribution in [2.45, 2.75) is 69.1 Å². The van der Waals surface area contributed by atoms with Gasteiger partial charge in [0.05, 0.1) is 0 Å². The van der Waals surface area contributed by atoms with E-state index in [0.29, 0.717) is 11.3 Å². The van der Waals surface area contributed by atoms with Crippen LogP contribution in [0.5, 0.6) is 0 Å². The average Bonchev–Trinajstić information content (AvgIpc) is 2.38. The summed E-state index contributed by atoms with van der Waals surface area (Å²) in [7, 11) is 0. The highest BCUT2D eigenvalue weighted by atomic mass is 32.2. The van der Waals surface area contributed by atoms with Gasteiger partial charge in [0.25, 0.3) is 0 Å². The molecule has 0 amide bonds. The summed E-state index contributed by atoms with van der Waals surface area (Å²) in [4.78, 5) is 1.43. The van der Waals surface area contributed by atoms with Gasteiger partial charge in [-0.1, -0.05) is 37.5 Å². The fraction of sp³-hybridized carbons (Fsp3) is 0.647. The molecule has 0 radical (unpaired) electrons. The molecule has 1 nitrogen and oxygen atoms in total. The van der Waals surface area contributed by atoms with Crippen molar-refractivity contribution in [3.8, 4) is 0 Å². The Bertz CT molecular complexity index is 416. The van der Waals surface area contributed by atoms with E-state index < -0.39 is 0 Å². The van der Waals surface area contributed by atoms with Crippen molar-refractivity contribution in [1.29, 1.82) is 0 Å². The molecular formula is C17H27NS. The van der Waals surface area contributed by atoms with Crippen molar-refractivity contribution in [3.63, 3.8) is 0 Å². The summed E-state index contributed by atoms with van der Waals surface area (Å²) in [5, 5.41) is 0.603. The van der Waals surface area contributed by atoms with Gasteiger partial charge < -0.3 is 5.73 Å². The van der Waals surface area contributed by atoms with Crippen LogP contribution in [0.15, 0.2) is 23.1 Å². The third-order valence-electron chi connectivity index (χ3n) is 4.27. The summed E-state index contributed by atoms with van der Waals surface area (Å²) in [6, 6.07) is 7.12. The smallest absolute Gasteiger partial charge is 0.0249 e. The normalized spacial score (nSPS) is 27.5. The summed E-state index contributed by atoms with van der Waals surface area (Å²) in [6.07, 6.45) is 6.51. The van der Waals surface area contributed by atoms with E-state index in [1.807, 2.05) is 11.8 Å². The number of nitrogens with two attached hydrogens (primary N) is 1. The van der Waals surface area contributed by atoms with E-state index in [0.717, 1.165) is 5.92 Å². The second-order valence-electron chi connectivity index (χ2n) is 6.06. The van der Waals surface area contributed by atoms with Gasteiger partial charge in [-0.3, -0.25) is 0 Å². The Morgan fingerprint density at radius 1 is 1.26 bits per heavy atom. The van der Waals surface area contributed by atoms with Crippen LogP contribution < -0.4 is 5.73 Å². The van der Waals surface area contributed by atoms with Crippen LogP contribution in [0, 0.1) is 19.8 Å². The largest absolute Gasteiger partial charge is 0.327 e. The third kappa shape index (κ3) is 4.00. The number of benzene rings is 1. The Morgan fingerprint density at radius 3 is 2.79 bits per heavy atom. The second kappa shape index (κ2) is 6.81. The summed E-state index contributed by atoms with van der Waals surface area (Å²) >= 11 is 2.02. The van der Waals surface area contributed by atoms with Crippen LogP contribution in [0.2, 0.25) is 0 Å². The average molecular weight is 277 g/mol. The Balaban J connectivity index is 2.05. The van der Waals surface area contributed by atoms with Gasteiger partial charge >= 0.3 is 0 Å². The maximum atomic E-state index is 6.35. The fourth-order valence-electron chi connectivity index (χ4n) is 3.04. The van der Waals surface area contributed by atoms with Crippen LogP contribution in [-0.2, 0) is 0 Å². The van der Waals surface area contributed by atoms with Crippen LogP contribution in [0.4, 0.5) is 0 Å². The number of aryl methyl sites for hydroxylation is 2. The SMILES string of the molecule is CCCC1CCC(N)C(Sc2cc(C)ccc2C)C1. The molecule has 0 aliphatic heterocycles. The van der Waals surface area contributed by atoms with Gasteiger partial charge in [-0.05, 0) is 50.7 Å². The molecule has 0 aromatic heterocycles. The minimum absolute atomic E-state index is 0.373. The molecule has 0 bridgehead atoms. The summed E-state index contributed by atoms with van der Waals surface area (Å²) < 4.78 is 0. The molecule has 2 rings (SSSR count). The van der Waals surface area contributed by atoms with Crippen molar-refractivity contribution in [1.82, 2.24) is 0 Å². The third-order valence-corrected chi connectivity index (χ3v) is 5.81. The lowest BCUT2D eigenvalue weighted by molar-refractivity contribution is 0.317. The van der Waals surface area contributed by atoms with Gasteiger partial charge in [0, 0.05) is 16.2 Å². The van der Waals surface area contributed by atoms with Gasteiger partial charge in [0.2, 0.25) is 0 Å². The van der Waals surface area contributed by atoms with Gasteiger partial charge in [0.15, 0.2) is 0 Å². The lowest BCUT2D eigenvalue weighted by Crippen LogP contribution is -2.38. The predicted molar refractivity (Wildman–Crippen MR) is 85.8 cm³/mol. The molecule has 0 spiro atoms. The maximum Gasteiger partial charge on any atom is 0.0249 e. The van der Waals surface area contributed by atoms with Crippen LogP contribution in [-0.4, -0.2) is 11.3 Å². The fourth-order valence-corrected chi connectivity index (χ4v) is 4.55. The highest BCUT2D eigenvalue weighted by Crippen LogP contribution is 2.38. The van der Waals surface area contributed by atoms with Gasteiger partial charge in [0.1, 0.15) is 0 Å². The molecule has 1 aliphatic carbocycles. The molecule has 2 N–H and O–H groups in total. The molecule has 1 aromatic rings. The van der Waals surface area contributed by atoms with Crippen LogP contribution >= 0.6 is 11.8 Å². The van der Waals surface area contributed by atoms with Gasteiger partial charge in [-0.2, -0.15) is 0 Å². The quantitative estimate of drug-likeness (QED) is 0.864. The maximum absolute atomic E-state index is 6.35. The number of rotatable bonds is 4. The topological polar surface area (TPSA) is 26.0 Å². The second-order valence-corrected chi connectivity index (χ2v) is 7.34. The molecule has 2 heteroatoms. The zero-order chi connectivity index (χ0) is 13.8. The first-order valence-electron chi connectivity index (χ1n) is 7.59. The lowest BCUT2D eigenvalue weighted by Gasteiger charge is -2.34. The minimum atomic E-state index is 0.373. The first-order chi connectivity index (χ1) is 9.10. The van der Waals surface area contributed by atoms with Crippen molar-refractivity contribution in [2.24, 2.45) is 11.7 Å². The lowest BCUT2D eigenvalue weighted by atomic mass is 9.83. The zero-order valence-electron chi connectivity index (χ0n) is 12.5.